The van der Waals surface area contributed by atoms with E-state index >= 15 is 0 Å². The van der Waals surface area contributed by atoms with Gasteiger partial charge >= 0.3 is 0 Å². The summed E-state index contributed by atoms with van der Waals surface area (Å²) >= 11 is 0. The van der Waals surface area contributed by atoms with Gasteiger partial charge < -0.3 is 9.84 Å². The molecule has 3 nitrogen and oxygen atoms in total. The molecule has 2 fully saturated rings. The fourth-order valence-corrected chi connectivity index (χ4v) is 2.40. The molecule has 2 rings (SSSR count). The molecule has 0 amide bonds. The predicted octanol–water partition coefficient (Wildman–Crippen LogP) is 0.0879. The van der Waals surface area contributed by atoms with E-state index in [0.717, 1.165) is 13.2 Å². The minimum absolute atomic E-state index is 0.311. The zero-order valence-electron chi connectivity index (χ0n) is 7.57. The Hall–Kier alpha value is -0.120. The minimum Gasteiger partial charge on any atom is -0.396 e. The van der Waals surface area contributed by atoms with Gasteiger partial charge in [-0.05, 0) is 25.8 Å². The lowest BCUT2D eigenvalue weighted by Gasteiger charge is -2.47. The molecule has 12 heavy (non-hydrogen) atoms. The summed E-state index contributed by atoms with van der Waals surface area (Å²) in [5.41, 5.74) is 0. The maximum absolute atomic E-state index is 9.14. The molecule has 0 aromatic heterocycles. The normalized spacial score (nSPS) is 43.0. The van der Waals surface area contributed by atoms with Gasteiger partial charge in [0.25, 0.3) is 0 Å². The number of fused-ring (bicyclic) bond motifs is 2. The number of rotatable bonds is 1. The van der Waals surface area contributed by atoms with Gasteiger partial charge in [-0.2, -0.15) is 0 Å². The van der Waals surface area contributed by atoms with E-state index in [9.17, 15) is 0 Å². The molecule has 0 aromatic rings. The SMILES string of the molecule is CN1C2CCC(CO)C1COC2. The number of ether oxygens (including phenoxy) is 1. The van der Waals surface area contributed by atoms with E-state index in [2.05, 4.69) is 11.9 Å². The molecular weight excluding hydrogens is 154 g/mol. The molecule has 0 aliphatic carbocycles. The first-order valence-corrected chi connectivity index (χ1v) is 4.73. The van der Waals surface area contributed by atoms with Gasteiger partial charge in [-0.15, -0.1) is 0 Å². The average Bonchev–Trinajstić information content (AvgIpc) is 2.04. The average molecular weight is 171 g/mol. The predicted molar refractivity (Wildman–Crippen MR) is 46.0 cm³/mol. The van der Waals surface area contributed by atoms with Gasteiger partial charge in [-0.25, -0.2) is 0 Å². The number of likely N-dealkylation sites (N-methyl/N-ethyl adjacent to an activating group) is 1. The topological polar surface area (TPSA) is 32.7 Å². The van der Waals surface area contributed by atoms with Crippen LogP contribution in [0.25, 0.3) is 0 Å². The molecule has 2 aliphatic rings. The fraction of sp³-hybridized carbons (Fsp3) is 1.00. The largest absolute Gasteiger partial charge is 0.396 e. The highest BCUT2D eigenvalue weighted by atomic mass is 16.5. The van der Waals surface area contributed by atoms with Crippen molar-refractivity contribution in [3.8, 4) is 0 Å². The van der Waals surface area contributed by atoms with Gasteiger partial charge in [0.05, 0.1) is 13.2 Å². The Morgan fingerprint density at radius 1 is 1.42 bits per heavy atom. The lowest BCUT2D eigenvalue weighted by molar-refractivity contribution is -0.0921. The minimum atomic E-state index is 0.311. The van der Waals surface area contributed by atoms with Crippen molar-refractivity contribution in [1.29, 1.82) is 0 Å². The number of hydrogen-bond donors (Lipinski definition) is 1. The highest BCUT2D eigenvalue weighted by Crippen LogP contribution is 2.29. The molecule has 2 bridgehead atoms. The fourth-order valence-electron chi connectivity index (χ4n) is 2.40. The molecule has 1 N–H and O–H groups in total. The molecule has 0 saturated carbocycles. The summed E-state index contributed by atoms with van der Waals surface area (Å²) < 4.78 is 5.49. The molecule has 2 heterocycles. The van der Waals surface area contributed by atoms with Gasteiger partial charge in [0.2, 0.25) is 0 Å². The third kappa shape index (κ3) is 1.26. The zero-order valence-corrected chi connectivity index (χ0v) is 7.57. The van der Waals surface area contributed by atoms with Crippen LogP contribution in [0.3, 0.4) is 0 Å². The Morgan fingerprint density at radius 2 is 2.25 bits per heavy atom. The molecule has 0 radical (unpaired) electrons. The second-order valence-corrected chi connectivity index (χ2v) is 3.94. The van der Waals surface area contributed by atoms with Crippen LogP contribution in [-0.4, -0.2) is 49.0 Å². The van der Waals surface area contributed by atoms with E-state index in [0.29, 0.717) is 24.6 Å². The Kier molecular flexibility index (Phi) is 2.35. The molecule has 3 atom stereocenters. The summed E-state index contributed by atoms with van der Waals surface area (Å²) in [6, 6.07) is 1.06. The van der Waals surface area contributed by atoms with Crippen molar-refractivity contribution in [2.75, 3.05) is 26.9 Å². The van der Waals surface area contributed by atoms with E-state index in [1.807, 2.05) is 0 Å². The molecular formula is C9H17NO2. The molecule has 3 unspecified atom stereocenters. The number of hydrogen-bond acceptors (Lipinski definition) is 3. The molecule has 0 spiro atoms. The van der Waals surface area contributed by atoms with Crippen molar-refractivity contribution in [1.82, 2.24) is 4.90 Å². The van der Waals surface area contributed by atoms with E-state index in [4.69, 9.17) is 9.84 Å². The van der Waals surface area contributed by atoms with Gasteiger partial charge in [0, 0.05) is 18.7 Å². The molecule has 70 valence electrons. The first-order valence-electron chi connectivity index (χ1n) is 4.73. The number of aliphatic hydroxyl groups excluding tert-OH is 1. The molecule has 2 saturated heterocycles. The van der Waals surface area contributed by atoms with Gasteiger partial charge in [-0.3, -0.25) is 4.90 Å². The van der Waals surface area contributed by atoms with E-state index in [1.165, 1.54) is 12.8 Å². The standard InChI is InChI=1S/C9H17NO2/c1-10-8-3-2-7(4-11)9(10)6-12-5-8/h7-9,11H,2-6H2,1H3. The lowest BCUT2D eigenvalue weighted by atomic mass is 9.85. The monoisotopic (exact) mass is 171 g/mol. The summed E-state index contributed by atoms with van der Waals surface area (Å²) in [5, 5.41) is 9.14. The summed E-state index contributed by atoms with van der Waals surface area (Å²) in [4.78, 5) is 2.38. The smallest absolute Gasteiger partial charge is 0.0626 e. The van der Waals surface area contributed by atoms with Crippen LogP contribution in [0.15, 0.2) is 0 Å². The highest BCUT2D eigenvalue weighted by Gasteiger charge is 2.37. The van der Waals surface area contributed by atoms with Crippen molar-refractivity contribution in [3.05, 3.63) is 0 Å². The second kappa shape index (κ2) is 3.32. The number of aliphatic hydroxyl groups is 1. The third-order valence-corrected chi connectivity index (χ3v) is 3.35. The first-order chi connectivity index (χ1) is 5.83. The Bertz CT molecular complexity index is 161. The summed E-state index contributed by atoms with van der Waals surface area (Å²) in [6.07, 6.45) is 2.34. The lowest BCUT2D eigenvalue weighted by Crippen LogP contribution is -2.57. The van der Waals surface area contributed by atoms with Crippen LogP contribution in [0.4, 0.5) is 0 Å². The number of piperidine rings is 1. The van der Waals surface area contributed by atoms with E-state index in [1.54, 1.807) is 0 Å². The summed E-state index contributed by atoms with van der Waals surface area (Å²) in [7, 11) is 2.15. The third-order valence-electron chi connectivity index (χ3n) is 3.35. The Morgan fingerprint density at radius 3 is 3.00 bits per heavy atom. The maximum atomic E-state index is 9.14. The van der Waals surface area contributed by atoms with Gasteiger partial charge in [-0.1, -0.05) is 0 Å². The first kappa shape index (κ1) is 8.48. The Balaban J connectivity index is 2.06. The van der Waals surface area contributed by atoms with Gasteiger partial charge in [0.15, 0.2) is 0 Å². The summed E-state index contributed by atoms with van der Waals surface area (Å²) in [5.74, 6) is 0.437. The number of morpholine rings is 1. The molecule has 2 aliphatic heterocycles. The van der Waals surface area contributed by atoms with Crippen LogP contribution in [0.2, 0.25) is 0 Å². The molecule has 0 aromatic carbocycles. The summed E-state index contributed by atoms with van der Waals surface area (Å²) in [6.45, 7) is 1.99. The van der Waals surface area contributed by atoms with E-state index in [-0.39, 0.29) is 0 Å². The second-order valence-electron chi connectivity index (χ2n) is 3.94. The van der Waals surface area contributed by atoms with Crippen molar-refractivity contribution in [2.45, 2.75) is 24.9 Å². The highest BCUT2D eigenvalue weighted by molar-refractivity contribution is 4.90. The van der Waals surface area contributed by atoms with Crippen LogP contribution in [0, 0.1) is 5.92 Å². The number of nitrogens with zero attached hydrogens (tertiary/aromatic N) is 1. The van der Waals surface area contributed by atoms with Crippen molar-refractivity contribution in [2.24, 2.45) is 5.92 Å². The quantitative estimate of drug-likeness (QED) is 0.607. The van der Waals surface area contributed by atoms with Crippen LogP contribution < -0.4 is 0 Å². The van der Waals surface area contributed by atoms with Crippen molar-refractivity contribution >= 4 is 0 Å². The maximum Gasteiger partial charge on any atom is 0.0626 e. The van der Waals surface area contributed by atoms with Crippen LogP contribution in [0.5, 0.6) is 0 Å². The zero-order chi connectivity index (χ0) is 8.55. The van der Waals surface area contributed by atoms with Crippen LogP contribution in [0.1, 0.15) is 12.8 Å². The van der Waals surface area contributed by atoms with Crippen molar-refractivity contribution in [3.63, 3.8) is 0 Å². The Labute approximate surface area is 73.3 Å². The van der Waals surface area contributed by atoms with Gasteiger partial charge in [0.1, 0.15) is 0 Å². The van der Waals surface area contributed by atoms with Crippen LogP contribution in [-0.2, 0) is 4.74 Å². The van der Waals surface area contributed by atoms with Crippen LogP contribution >= 0.6 is 0 Å². The molecule has 3 heteroatoms. The van der Waals surface area contributed by atoms with Crippen molar-refractivity contribution < 1.29 is 9.84 Å². The van der Waals surface area contributed by atoms with E-state index < -0.39 is 0 Å².